The molecule has 0 spiro atoms. The molecule has 5 heteroatoms. The van der Waals surface area contributed by atoms with Crippen molar-refractivity contribution in [2.45, 2.75) is 49.8 Å². The highest BCUT2D eigenvalue weighted by atomic mass is 32.2. The lowest BCUT2D eigenvalue weighted by atomic mass is 10.0. The van der Waals surface area contributed by atoms with Crippen molar-refractivity contribution in [3.05, 3.63) is 29.8 Å². The Hall–Kier alpha value is -1.36. The molecular formula is C15H23NO3S. The lowest BCUT2D eigenvalue weighted by Gasteiger charge is -2.07. The van der Waals surface area contributed by atoms with Crippen LogP contribution in [0.25, 0.3) is 0 Å². The van der Waals surface area contributed by atoms with Gasteiger partial charge in [0.05, 0.1) is 10.8 Å². The molecule has 0 bridgehead atoms. The van der Waals surface area contributed by atoms with E-state index in [4.69, 9.17) is 5.73 Å². The Morgan fingerprint density at radius 1 is 1.05 bits per heavy atom. The van der Waals surface area contributed by atoms with E-state index in [1.54, 1.807) is 19.1 Å². The van der Waals surface area contributed by atoms with Gasteiger partial charge >= 0.3 is 0 Å². The summed E-state index contributed by atoms with van der Waals surface area (Å²) in [5, 5.41) is 0. The van der Waals surface area contributed by atoms with E-state index in [-0.39, 0.29) is 4.90 Å². The highest BCUT2D eigenvalue weighted by Crippen LogP contribution is 2.17. The van der Waals surface area contributed by atoms with Crippen LogP contribution in [0, 0.1) is 0 Å². The summed E-state index contributed by atoms with van der Waals surface area (Å²) in [5.41, 5.74) is 5.85. The molecule has 0 heterocycles. The molecule has 1 atom stereocenters. The molecule has 20 heavy (non-hydrogen) atoms. The quantitative estimate of drug-likeness (QED) is 0.931. The topological polar surface area (TPSA) is 77.2 Å². The molecule has 0 radical (unpaired) electrons. The van der Waals surface area contributed by atoms with Gasteiger partial charge in [-0.05, 0) is 24.6 Å². The molecule has 1 saturated carbocycles. The van der Waals surface area contributed by atoms with Crippen molar-refractivity contribution in [3.8, 4) is 0 Å². The molecule has 4 nitrogen and oxygen atoms in total. The molecule has 2 rings (SSSR count). The van der Waals surface area contributed by atoms with E-state index in [9.17, 15) is 13.2 Å². The third-order valence-corrected chi connectivity index (χ3v) is 4.61. The van der Waals surface area contributed by atoms with E-state index in [0.717, 1.165) is 11.8 Å². The summed E-state index contributed by atoms with van der Waals surface area (Å²) in [6.07, 6.45) is 8.64. The van der Waals surface area contributed by atoms with Crippen LogP contribution in [0.4, 0.5) is 0 Å². The Kier molecular flexibility index (Phi) is 6.20. The second kappa shape index (κ2) is 7.43. The van der Waals surface area contributed by atoms with Crippen LogP contribution in [0.5, 0.6) is 0 Å². The predicted octanol–water partition coefficient (Wildman–Crippen LogP) is 2.63. The fourth-order valence-electron chi connectivity index (χ4n) is 2.05. The Balaban J connectivity index is 0.000000333. The number of hydrogen-bond donors (Lipinski definition) is 1. The predicted molar refractivity (Wildman–Crippen MR) is 80.2 cm³/mol. The number of sulfone groups is 1. The fraction of sp³-hybridized carbons (Fsp3) is 0.533. The Morgan fingerprint density at radius 2 is 1.45 bits per heavy atom. The van der Waals surface area contributed by atoms with Gasteiger partial charge in [0.2, 0.25) is 5.91 Å². The Labute approximate surface area is 121 Å². The molecule has 1 aromatic rings. The number of carbonyl (C=O) groups is 1. The molecule has 1 amide bonds. The first kappa shape index (κ1) is 16.7. The average molecular weight is 297 g/mol. The minimum absolute atomic E-state index is 0.239. The average Bonchev–Trinajstić information content (AvgIpc) is 2.96. The number of benzene rings is 1. The molecule has 2 N–H and O–H groups in total. The molecule has 1 unspecified atom stereocenters. The third kappa shape index (κ3) is 5.33. The molecule has 1 aromatic carbocycles. The van der Waals surface area contributed by atoms with Gasteiger partial charge in [-0.15, -0.1) is 0 Å². The largest absolute Gasteiger partial charge is 0.369 e. The summed E-state index contributed by atoms with van der Waals surface area (Å²) >= 11 is 0. The van der Waals surface area contributed by atoms with E-state index in [2.05, 4.69) is 0 Å². The maximum atomic E-state index is 11.2. The summed E-state index contributed by atoms with van der Waals surface area (Å²) in [4.78, 5) is 11.1. The first-order chi connectivity index (χ1) is 9.32. The zero-order valence-corrected chi connectivity index (χ0v) is 12.9. The number of amides is 1. The van der Waals surface area contributed by atoms with Crippen molar-refractivity contribution in [2.24, 2.45) is 5.73 Å². The second-order valence-corrected chi connectivity index (χ2v) is 7.25. The van der Waals surface area contributed by atoms with Gasteiger partial charge < -0.3 is 5.73 Å². The van der Waals surface area contributed by atoms with Gasteiger partial charge in [-0.3, -0.25) is 4.79 Å². The molecule has 1 aliphatic rings. The maximum Gasteiger partial charge on any atom is 0.224 e. The van der Waals surface area contributed by atoms with Crippen LogP contribution in [0.2, 0.25) is 0 Å². The molecule has 1 fully saturated rings. The smallest absolute Gasteiger partial charge is 0.224 e. The van der Waals surface area contributed by atoms with Crippen molar-refractivity contribution in [1.82, 2.24) is 0 Å². The van der Waals surface area contributed by atoms with Crippen molar-refractivity contribution in [2.75, 3.05) is 6.26 Å². The minimum Gasteiger partial charge on any atom is -0.369 e. The van der Waals surface area contributed by atoms with Crippen LogP contribution in [0.3, 0.4) is 0 Å². The van der Waals surface area contributed by atoms with E-state index in [0.29, 0.717) is 0 Å². The summed E-state index contributed by atoms with van der Waals surface area (Å²) in [6, 6.07) is 6.16. The third-order valence-electron chi connectivity index (χ3n) is 3.49. The molecule has 0 aromatic heterocycles. The van der Waals surface area contributed by atoms with Crippen molar-refractivity contribution >= 4 is 15.7 Å². The van der Waals surface area contributed by atoms with Gasteiger partial charge in [-0.25, -0.2) is 8.42 Å². The van der Waals surface area contributed by atoms with Crippen LogP contribution in [-0.4, -0.2) is 20.6 Å². The lowest BCUT2D eigenvalue weighted by molar-refractivity contribution is -0.119. The van der Waals surface area contributed by atoms with Crippen LogP contribution >= 0.6 is 0 Å². The standard InChI is InChI=1S/C10H13NO3S.C5H10/c1-7(10(11)12)8-3-5-9(6-4-8)15(2,13)14;1-2-4-5-3-1/h3-7H,1-2H3,(H2,11,12);1-5H2. The van der Waals surface area contributed by atoms with Crippen LogP contribution in [0.1, 0.15) is 50.5 Å². The Morgan fingerprint density at radius 3 is 1.75 bits per heavy atom. The molecule has 1 aliphatic carbocycles. The summed E-state index contributed by atoms with van der Waals surface area (Å²) < 4.78 is 22.3. The molecular weight excluding hydrogens is 274 g/mol. The number of hydrogen-bond acceptors (Lipinski definition) is 3. The van der Waals surface area contributed by atoms with Crippen molar-refractivity contribution in [1.29, 1.82) is 0 Å². The van der Waals surface area contributed by atoms with Crippen molar-refractivity contribution < 1.29 is 13.2 Å². The SMILES string of the molecule is C1CCCC1.CC(C(N)=O)c1ccc(S(C)(=O)=O)cc1. The number of primary amides is 1. The van der Waals surface area contributed by atoms with Crippen molar-refractivity contribution in [3.63, 3.8) is 0 Å². The van der Waals surface area contributed by atoms with Crippen LogP contribution < -0.4 is 5.73 Å². The van der Waals surface area contributed by atoms with Gasteiger partial charge in [-0.1, -0.05) is 44.2 Å². The summed E-state index contributed by atoms with van der Waals surface area (Å²) in [6.45, 7) is 1.68. The van der Waals surface area contributed by atoms with Crippen LogP contribution in [0.15, 0.2) is 29.2 Å². The summed E-state index contributed by atoms with van der Waals surface area (Å²) in [5.74, 6) is -0.833. The van der Waals surface area contributed by atoms with Crippen LogP contribution in [-0.2, 0) is 14.6 Å². The van der Waals surface area contributed by atoms with E-state index >= 15 is 0 Å². The van der Waals surface area contributed by atoms with Gasteiger partial charge in [0, 0.05) is 6.26 Å². The van der Waals surface area contributed by atoms with E-state index < -0.39 is 21.7 Å². The van der Waals surface area contributed by atoms with Gasteiger partial charge in [0.15, 0.2) is 9.84 Å². The van der Waals surface area contributed by atoms with E-state index in [1.807, 2.05) is 0 Å². The fourth-order valence-corrected chi connectivity index (χ4v) is 2.68. The van der Waals surface area contributed by atoms with Gasteiger partial charge in [-0.2, -0.15) is 0 Å². The molecule has 0 saturated heterocycles. The normalized spacial score (nSPS) is 16.1. The summed E-state index contributed by atoms with van der Waals surface area (Å²) in [7, 11) is -3.18. The monoisotopic (exact) mass is 297 g/mol. The van der Waals surface area contributed by atoms with Gasteiger partial charge in [0.1, 0.15) is 0 Å². The zero-order chi connectivity index (χ0) is 15.2. The lowest BCUT2D eigenvalue weighted by Crippen LogP contribution is -2.18. The highest BCUT2D eigenvalue weighted by molar-refractivity contribution is 7.90. The number of rotatable bonds is 3. The minimum atomic E-state index is -3.18. The van der Waals surface area contributed by atoms with Gasteiger partial charge in [0.25, 0.3) is 0 Å². The highest BCUT2D eigenvalue weighted by Gasteiger charge is 2.12. The Bertz CT molecular complexity index is 523. The molecule has 0 aliphatic heterocycles. The zero-order valence-electron chi connectivity index (χ0n) is 12.1. The number of carbonyl (C=O) groups excluding carboxylic acids is 1. The second-order valence-electron chi connectivity index (χ2n) is 5.23. The van der Waals surface area contributed by atoms with E-state index in [1.165, 1.54) is 44.2 Å². The molecule has 112 valence electrons. The first-order valence-electron chi connectivity index (χ1n) is 6.91. The first-order valence-corrected chi connectivity index (χ1v) is 8.81. The maximum absolute atomic E-state index is 11.2. The number of nitrogens with two attached hydrogens (primary N) is 1.